The second-order valence-electron chi connectivity index (χ2n) is 10.7. The van der Waals surface area contributed by atoms with Crippen molar-refractivity contribution >= 4 is 24.6 Å². The lowest BCUT2D eigenvalue weighted by molar-refractivity contribution is -0.169. The Morgan fingerprint density at radius 2 is 1.51 bits per heavy atom. The lowest BCUT2D eigenvalue weighted by atomic mass is 9.95. The number of carbonyl (C=O) groups excluding carboxylic acids is 1. The van der Waals surface area contributed by atoms with Gasteiger partial charge in [0.05, 0.1) is 13.2 Å². The molecule has 0 fully saturated rings. The minimum absolute atomic E-state index is 0.0465. The first kappa shape index (κ1) is 29.2. The first-order valence-corrected chi connectivity index (χ1v) is 14.7. The summed E-state index contributed by atoms with van der Waals surface area (Å²) >= 11 is 0. The van der Waals surface area contributed by atoms with Crippen LogP contribution in [0.5, 0.6) is 0 Å². The number of amides is 1. The van der Waals surface area contributed by atoms with E-state index >= 15 is 0 Å². The van der Waals surface area contributed by atoms with Crippen molar-refractivity contribution in [3.05, 3.63) is 60.7 Å². The van der Waals surface area contributed by atoms with Gasteiger partial charge in [0.1, 0.15) is 0 Å². The largest absolute Gasteiger partial charge is 0.404 e. The van der Waals surface area contributed by atoms with E-state index in [-0.39, 0.29) is 23.0 Å². The van der Waals surface area contributed by atoms with Gasteiger partial charge in [0.25, 0.3) is 8.32 Å². The van der Waals surface area contributed by atoms with Crippen molar-refractivity contribution in [1.82, 2.24) is 5.06 Å². The molecular formula is C29H45NO4Si. The van der Waals surface area contributed by atoms with Crippen molar-refractivity contribution in [2.75, 3.05) is 14.2 Å². The molecule has 2 aromatic rings. The van der Waals surface area contributed by atoms with Crippen LogP contribution < -0.4 is 10.4 Å². The Kier molecular flexibility index (Phi) is 11.2. The van der Waals surface area contributed by atoms with Gasteiger partial charge in [-0.15, -0.1) is 0 Å². The molecule has 0 bridgehead atoms. The highest BCUT2D eigenvalue weighted by Crippen LogP contribution is 2.38. The van der Waals surface area contributed by atoms with E-state index in [4.69, 9.17) is 9.26 Å². The van der Waals surface area contributed by atoms with Crippen molar-refractivity contribution in [3.63, 3.8) is 0 Å². The first-order valence-electron chi connectivity index (χ1n) is 12.8. The van der Waals surface area contributed by atoms with Gasteiger partial charge in [0.2, 0.25) is 5.91 Å². The zero-order valence-electron chi connectivity index (χ0n) is 22.7. The summed E-state index contributed by atoms with van der Waals surface area (Å²) < 4.78 is 7.29. The minimum Gasteiger partial charge on any atom is -0.404 e. The van der Waals surface area contributed by atoms with Gasteiger partial charge in [-0.1, -0.05) is 102 Å². The summed E-state index contributed by atoms with van der Waals surface area (Å²) in [6.45, 7) is 11.0. The average molecular weight is 500 g/mol. The third kappa shape index (κ3) is 7.74. The summed E-state index contributed by atoms with van der Waals surface area (Å²) in [7, 11) is 0.402. The van der Waals surface area contributed by atoms with Crippen molar-refractivity contribution in [1.29, 1.82) is 0 Å². The molecule has 0 radical (unpaired) electrons. The number of benzene rings is 2. The summed E-state index contributed by atoms with van der Waals surface area (Å²) in [5.74, 6) is -0.0360. The molecular weight excluding hydrogens is 454 g/mol. The number of hydroxylamine groups is 2. The topological polar surface area (TPSA) is 59.0 Å². The third-order valence-corrected chi connectivity index (χ3v) is 11.8. The van der Waals surface area contributed by atoms with E-state index in [0.717, 1.165) is 12.8 Å². The maximum atomic E-state index is 12.2. The lowest BCUT2D eigenvalue weighted by Gasteiger charge is -2.45. The molecule has 0 aromatic heterocycles. The molecule has 0 aliphatic heterocycles. The van der Waals surface area contributed by atoms with Gasteiger partial charge in [-0.25, -0.2) is 5.06 Å². The number of hydrogen-bond donors (Lipinski definition) is 1. The maximum Gasteiger partial charge on any atom is 0.261 e. The molecule has 0 unspecified atom stereocenters. The summed E-state index contributed by atoms with van der Waals surface area (Å²) in [5.41, 5.74) is 0. The molecule has 194 valence electrons. The molecule has 35 heavy (non-hydrogen) atoms. The van der Waals surface area contributed by atoms with Gasteiger partial charge in [-0.3, -0.25) is 9.63 Å². The van der Waals surface area contributed by atoms with Crippen LogP contribution in [-0.4, -0.2) is 50.8 Å². The fourth-order valence-electron chi connectivity index (χ4n) is 4.96. The summed E-state index contributed by atoms with van der Waals surface area (Å²) in [6, 6.07) is 21.3. The van der Waals surface area contributed by atoms with Crippen LogP contribution in [0.2, 0.25) is 5.04 Å². The highest BCUT2D eigenvalue weighted by Gasteiger charge is 2.51. The van der Waals surface area contributed by atoms with Gasteiger partial charge in [-0.05, 0) is 40.6 Å². The predicted molar refractivity (Wildman–Crippen MR) is 146 cm³/mol. The van der Waals surface area contributed by atoms with Crippen LogP contribution in [0.25, 0.3) is 0 Å². The van der Waals surface area contributed by atoms with Gasteiger partial charge in [-0.2, -0.15) is 0 Å². The molecule has 0 saturated carbocycles. The summed E-state index contributed by atoms with van der Waals surface area (Å²) in [5, 5.41) is 14.7. The summed E-state index contributed by atoms with van der Waals surface area (Å²) in [6.07, 6.45) is 2.68. The molecule has 1 N–H and O–H groups in total. The minimum atomic E-state index is -2.69. The van der Waals surface area contributed by atoms with Crippen LogP contribution in [0.3, 0.4) is 0 Å². The fourth-order valence-corrected chi connectivity index (χ4v) is 9.69. The Balaban J connectivity index is 2.33. The quantitative estimate of drug-likeness (QED) is 0.314. The van der Waals surface area contributed by atoms with Gasteiger partial charge >= 0.3 is 0 Å². The van der Waals surface area contributed by atoms with E-state index in [2.05, 4.69) is 76.2 Å². The van der Waals surface area contributed by atoms with E-state index < -0.39 is 14.4 Å². The SMILES string of the molecule is CCC[C@H](C[C@H](O)C[C@@H](C)CC(=O)N(C)OC)O[Si](c1ccccc1)(c1ccccc1)C(C)(C)C. The van der Waals surface area contributed by atoms with Crippen LogP contribution in [0.4, 0.5) is 0 Å². The highest BCUT2D eigenvalue weighted by molar-refractivity contribution is 6.99. The van der Waals surface area contributed by atoms with Gasteiger partial charge < -0.3 is 9.53 Å². The number of rotatable bonds is 13. The molecule has 0 saturated heterocycles. The zero-order chi connectivity index (χ0) is 26.1. The zero-order valence-corrected chi connectivity index (χ0v) is 23.7. The van der Waals surface area contributed by atoms with Crippen LogP contribution in [0, 0.1) is 5.92 Å². The van der Waals surface area contributed by atoms with Crippen molar-refractivity contribution in [2.24, 2.45) is 5.92 Å². The molecule has 0 spiro atoms. The monoisotopic (exact) mass is 499 g/mol. The second-order valence-corrected chi connectivity index (χ2v) is 15.0. The molecule has 5 nitrogen and oxygen atoms in total. The Morgan fingerprint density at radius 1 is 1.00 bits per heavy atom. The Morgan fingerprint density at radius 3 is 1.94 bits per heavy atom. The smallest absolute Gasteiger partial charge is 0.261 e. The molecule has 0 aliphatic carbocycles. The van der Waals surface area contributed by atoms with Crippen molar-refractivity contribution in [3.8, 4) is 0 Å². The Hall–Kier alpha value is -1.99. The maximum absolute atomic E-state index is 12.2. The number of aliphatic hydroxyl groups excluding tert-OH is 1. The normalized spacial score (nSPS) is 14.9. The molecule has 0 heterocycles. The second kappa shape index (κ2) is 13.4. The highest BCUT2D eigenvalue weighted by atomic mass is 28.4. The van der Waals surface area contributed by atoms with Gasteiger partial charge in [0.15, 0.2) is 0 Å². The van der Waals surface area contributed by atoms with Crippen LogP contribution >= 0.6 is 0 Å². The number of hydrogen-bond acceptors (Lipinski definition) is 4. The molecule has 0 aliphatic rings. The number of nitrogens with zero attached hydrogens (tertiary/aromatic N) is 1. The van der Waals surface area contributed by atoms with Crippen LogP contribution in [0.15, 0.2) is 60.7 Å². The Labute approximate surface area is 213 Å². The molecule has 2 aromatic carbocycles. The molecule has 2 rings (SSSR count). The molecule has 6 heteroatoms. The van der Waals surface area contributed by atoms with E-state index in [0.29, 0.717) is 19.3 Å². The van der Waals surface area contributed by atoms with Gasteiger partial charge in [0, 0.05) is 19.6 Å². The molecule has 1 amide bonds. The predicted octanol–water partition coefficient (Wildman–Crippen LogP) is 4.92. The first-order chi connectivity index (χ1) is 16.5. The Bertz CT molecular complexity index is 845. The lowest BCUT2D eigenvalue weighted by Crippen LogP contribution is -2.67. The van der Waals surface area contributed by atoms with E-state index in [1.807, 2.05) is 19.1 Å². The standard InChI is InChI=1S/C29H45NO4Si/c1-8-15-25(22-24(31)20-23(2)21-28(32)30(6)33-7)34-35(29(3,4)5,26-16-11-9-12-17-26)27-18-13-10-14-19-27/h9-14,16-19,23-25,31H,8,15,20-22H2,1-7H3/t23-,24-,25-/m1/s1. The van der Waals surface area contributed by atoms with Crippen LogP contribution in [-0.2, 0) is 14.1 Å². The third-order valence-electron chi connectivity index (χ3n) is 6.73. The van der Waals surface area contributed by atoms with E-state index in [1.54, 1.807) is 7.05 Å². The number of carbonyl (C=O) groups is 1. The van der Waals surface area contributed by atoms with Crippen LogP contribution in [0.1, 0.15) is 66.7 Å². The van der Waals surface area contributed by atoms with Crippen molar-refractivity contribution < 1.29 is 19.2 Å². The van der Waals surface area contributed by atoms with E-state index in [9.17, 15) is 9.90 Å². The van der Waals surface area contributed by atoms with Crippen molar-refractivity contribution in [2.45, 2.75) is 84.0 Å². The average Bonchev–Trinajstić information content (AvgIpc) is 2.82. The fraction of sp³-hybridized carbons (Fsp3) is 0.552. The number of aliphatic hydroxyl groups is 1. The molecule has 3 atom stereocenters. The summed E-state index contributed by atoms with van der Waals surface area (Å²) in [4.78, 5) is 17.2. The van der Waals surface area contributed by atoms with E-state index in [1.165, 1.54) is 22.5 Å².